The monoisotopic (exact) mass is 327 g/mol. The molecule has 0 aromatic heterocycles. The van der Waals surface area contributed by atoms with Gasteiger partial charge in [0, 0.05) is 25.9 Å². The maximum absolute atomic E-state index is 11.7. The molecular formula is C13H17N3O5S. The van der Waals surface area contributed by atoms with E-state index in [2.05, 4.69) is 5.32 Å². The Morgan fingerprint density at radius 3 is 2.59 bits per heavy atom. The number of sulfone groups is 1. The van der Waals surface area contributed by atoms with Gasteiger partial charge in [-0.2, -0.15) is 0 Å². The molecule has 22 heavy (non-hydrogen) atoms. The molecule has 1 aromatic carbocycles. The molecule has 1 amide bonds. The second-order valence-corrected chi connectivity index (χ2v) is 7.13. The molecule has 1 saturated heterocycles. The minimum absolute atomic E-state index is 0.0966. The highest BCUT2D eigenvalue weighted by molar-refractivity contribution is 7.90. The van der Waals surface area contributed by atoms with Crippen molar-refractivity contribution in [3.8, 4) is 0 Å². The van der Waals surface area contributed by atoms with E-state index in [4.69, 9.17) is 0 Å². The van der Waals surface area contributed by atoms with Crippen molar-refractivity contribution in [2.75, 3.05) is 30.8 Å². The average Bonchev–Trinajstić information content (AvgIpc) is 2.35. The minimum Gasteiger partial charge on any atom is -0.364 e. The molecule has 0 spiro atoms. The zero-order valence-electron chi connectivity index (χ0n) is 12.3. The minimum atomic E-state index is -3.70. The standard InChI is InChI=1S/C13H17N3O5S/c1-3-14-13(17)9-7-15(8-9)10-5-4-6-11(22(2,20)21)12(10)16(18)19/h4-6,9H,3,7-8H2,1-2H3,(H,14,17). The summed E-state index contributed by atoms with van der Waals surface area (Å²) in [6.07, 6.45) is 0.937. The number of para-hydroxylation sites is 1. The fourth-order valence-corrected chi connectivity index (χ4v) is 3.26. The fraction of sp³-hybridized carbons (Fsp3) is 0.462. The van der Waals surface area contributed by atoms with Crippen molar-refractivity contribution in [2.45, 2.75) is 11.8 Å². The molecule has 2 rings (SSSR count). The van der Waals surface area contributed by atoms with Crippen molar-refractivity contribution in [3.05, 3.63) is 28.3 Å². The summed E-state index contributed by atoms with van der Waals surface area (Å²) >= 11 is 0. The fourth-order valence-electron chi connectivity index (χ4n) is 2.41. The predicted molar refractivity (Wildman–Crippen MR) is 80.6 cm³/mol. The third-order valence-electron chi connectivity index (χ3n) is 3.50. The molecule has 8 nitrogen and oxygen atoms in total. The van der Waals surface area contributed by atoms with Gasteiger partial charge in [0.1, 0.15) is 10.6 Å². The summed E-state index contributed by atoms with van der Waals surface area (Å²) in [5, 5.41) is 14.0. The maximum atomic E-state index is 11.7. The molecule has 1 aromatic rings. The van der Waals surface area contributed by atoms with Crippen LogP contribution in [-0.4, -0.2) is 45.1 Å². The largest absolute Gasteiger partial charge is 0.364 e. The number of nitrogens with one attached hydrogen (secondary N) is 1. The number of anilines is 1. The number of carbonyl (C=O) groups excluding carboxylic acids is 1. The van der Waals surface area contributed by atoms with Crippen molar-refractivity contribution in [2.24, 2.45) is 5.92 Å². The highest BCUT2D eigenvalue weighted by Crippen LogP contribution is 2.37. The lowest BCUT2D eigenvalue weighted by Crippen LogP contribution is -2.54. The number of nitro benzene ring substituents is 1. The summed E-state index contributed by atoms with van der Waals surface area (Å²) in [5.41, 5.74) is -0.201. The Balaban J connectivity index is 2.31. The zero-order valence-corrected chi connectivity index (χ0v) is 13.1. The van der Waals surface area contributed by atoms with E-state index < -0.39 is 20.4 Å². The third-order valence-corrected chi connectivity index (χ3v) is 4.63. The highest BCUT2D eigenvalue weighted by Gasteiger charge is 2.37. The van der Waals surface area contributed by atoms with Crippen molar-refractivity contribution in [1.82, 2.24) is 5.32 Å². The number of nitrogens with zero attached hydrogens (tertiary/aromatic N) is 2. The molecule has 1 heterocycles. The van der Waals surface area contributed by atoms with Crippen LogP contribution >= 0.6 is 0 Å². The number of carbonyl (C=O) groups is 1. The molecule has 0 atom stereocenters. The van der Waals surface area contributed by atoms with E-state index in [0.717, 1.165) is 6.26 Å². The van der Waals surface area contributed by atoms with Crippen LogP contribution in [-0.2, 0) is 14.6 Å². The number of nitro groups is 1. The molecule has 0 aliphatic carbocycles. The van der Waals surface area contributed by atoms with Gasteiger partial charge in [0.25, 0.3) is 0 Å². The lowest BCUT2D eigenvalue weighted by molar-refractivity contribution is -0.387. The van der Waals surface area contributed by atoms with Crippen LogP contribution in [0.1, 0.15) is 6.92 Å². The quantitative estimate of drug-likeness (QED) is 0.625. The van der Waals surface area contributed by atoms with Crippen LogP contribution in [0, 0.1) is 16.0 Å². The molecule has 0 saturated carbocycles. The van der Waals surface area contributed by atoms with Gasteiger partial charge in [0.05, 0.1) is 10.8 Å². The van der Waals surface area contributed by atoms with Gasteiger partial charge >= 0.3 is 5.69 Å². The van der Waals surface area contributed by atoms with Gasteiger partial charge in [-0.25, -0.2) is 8.42 Å². The second kappa shape index (κ2) is 5.91. The second-order valence-electron chi connectivity index (χ2n) is 5.15. The number of hydrogen-bond donors (Lipinski definition) is 1. The van der Waals surface area contributed by atoms with Crippen LogP contribution in [0.4, 0.5) is 11.4 Å². The first-order valence-electron chi connectivity index (χ1n) is 6.75. The van der Waals surface area contributed by atoms with E-state index in [1.165, 1.54) is 18.2 Å². The Labute approximate surface area is 128 Å². The van der Waals surface area contributed by atoms with Gasteiger partial charge in [-0.05, 0) is 19.1 Å². The van der Waals surface area contributed by atoms with Gasteiger partial charge < -0.3 is 10.2 Å². The Bertz CT molecular complexity index is 710. The van der Waals surface area contributed by atoms with E-state index in [9.17, 15) is 23.3 Å². The van der Waals surface area contributed by atoms with Crippen LogP contribution in [0.3, 0.4) is 0 Å². The smallest absolute Gasteiger partial charge is 0.311 e. The molecule has 0 radical (unpaired) electrons. The number of amides is 1. The van der Waals surface area contributed by atoms with Crippen molar-refractivity contribution in [1.29, 1.82) is 0 Å². The van der Waals surface area contributed by atoms with E-state index >= 15 is 0 Å². The van der Waals surface area contributed by atoms with E-state index in [1.807, 2.05) is 6.92 Å². The lowest BCUT2D eigenvalue weighted by atomic mass is 9.98. The first kappa shape index (κ1) is 16.2. The highest BCUT2D eigenvalue weighted by atomic mass is 32.2. The predicted octanol–water partition coefficient (Wildman–Crippen LogP) is 0.571. The molecule has 120 valence electrons. The number of hydrogen-bond acceptors (Lipinski definition) is 6. The molecular weight excluding hydrogens is 310 g/mol. The summed E-state index contributed by atoms with van der Waals surface area (Å²) in [6.45, 7) is 3.01. The molecule has 0 unspecified atom stereocenters. The Morgan fingerprint density at radius 2 is 2.09 bits per heavy atom. The Hall–Kier alpha value is -2.16. The van der Waals surface area contributed by atoms with Gasteiger partial charge in [-0.3, -0.25) is 14.9 Å². The summed E-state index contributed by atoms with van der Waals surface area (Å²) in [7, 11) is -3.70. The number of rotatable bonds is 5. The van der Waals surface area contributed by atoms with Gasteiger partial charge in [-0.1, -0.05) is 6.07 Å². The number of benzene rings is 1. The Morgan fingerprint density at radius 1 is 1.45 bits per heavy atom. The first-order chi connectivity index (χ1) is 10.3. The third kappa shape index (κ3) is 3.03. The van der Waals surface area contributed by atoms with Crippen LogP contribution < -0.4 is 10.2 Å². The molecule has 1 aliphatic rings. The normalized spacial score (nSPS) is 15.3. The van der Waals surface area contributed by atoms with Gasteiger partial charge in [0.2, 0.25) is 5.91 Å². The summed E-state index contributed by atoms with van der Waals surface area (Å²) in [6, 6.07) is 4.19. The molecule has 1 aliphatic heterocycles. The van der Waals surface area contributed by atoms with Crippen LogP contribution in [0.2, 0.25) is 0 Å². The molecule has 0 bridgehead atoms. The van der Waals surface area contributed by atoms with Crippen molar-refractivity contribution < 1.29 is 18.1 Å². The SMILES string of the molecule is CCNC(=O)C1CN(c2cccc(S(C)(=O)=O)c2[N+](=O)[O-])C1. The first-order valence-corrected chi connectivity index (χ1v) is 8.65. The molecule has 1 fully saturated rings. The average molecular weight is 327 g/mol. The topological polar surface area (TPSA) is 110 Å². The zero-order chi connectivity index (χ0) is 16.5. The van der Waals surface area contributed by atoms with Crippen LogP contribution in [0.25, 0.3) is 0 Å². The summed E-state index contributed by atoms with van der Waals surface area (Å²) in [4.78, 5) is 23.6. The molecule has 1 N–H and O–H groups in total. The summed E-state index contributed by atoms with van der Waals surface area (Å²) < 4.78 is 23.4. The van der Waals surface area contributed by atoms with Crippen molar-refractivity contribution in [3.63, 3.8) is 0 Å². The van der Waals surface area contributed by atoms with E-state index in [-0.39, 0.29) is 22.4 Å². The van der Waals surface area contributed by atoms with Crippen LogP contribution in [0.5, 0.6) is 0 Å². The van der Waals surface area contributed by atoms with Gasteiger partial charge in [0.15, 0.2) is 9.84 Å². The molecule has 9 heteroatoms. The van der Waals surface area contributed by atoms with E-state index in [0.29, 0.717) is 19.6 Å². The summed E-state index contributed by atoms with van der Waals surface area (Å²) in [5.74, 6) is -0.331. The maximum Gasteiger partial charge on any atom is 0.311 e. The lowest BCUT2D eigenvalue weighted by Gasteiger charge is -2.39. The van der Waals surface area contributed by atoms with Crippen molar-refractivity contribution >= 4 is 27.1 Å². The Kier molecular flexibility index (Phi) is 4.36. The van der Waals surface area contributed by atoms with E-state index in [1.54, 1.807) is 4.90 Å². The van der Waals surface area contributed by atoms with Gasteiger partial charge in [-0.15, -0.1) is 0 Å². The van der Waals surface area contributed by atoms with Crippen LogP contribution in [0.15, 0.2) is 23.1 Å².